The van der Waals surface area contributed by atoms with Crippen molar-refractivity contribution in [2.24, 2.45) is 0 Å². The standard InChI is InChI=1S/C40H42BrN3O4/c1-5-8-16-42(17-9-6-2)18-11-20-44-38(46)26-15-13-25-34-30(41)22-29-33-27(37(45)43(40(29)48)19-10-7-3)14-12-24(36(33)34)31-23(4)21-28(39(44)47)32(26)35(25)31/h12-15,21-22H,5-11,16-20H2,1-4H3. The minimum absolute atomic E-state index is 0.244. The van der Waals surface area contributed by atoms with Crippen LogP contribution in [0.25, 0.3) is 43.1 Å². The monoisotopic (exact) mass is 707 g/mol. The highest BCUT2D eigenvalue weighted by molar-refractivity contribution is 9.10. The molecule has 2 aliphatic heterocycles. The number of hydrogen-bond donors (Lipinski definition) is 0. The average molecular weight is 709 g/mol. The molecule has 0 saturated carbocycles. The van der Waals surface area contributed by atoms with E-state index in [0.29, 0.717) is 46.1 Å². The van der Waals surface area contributed by atoms with Crippen molar-refractivity contribution >= 4 is 82.6 Å². The first-order chi connectivity index (χ1) is 23.2. The second-order valence-corrected chi connectivity index (χ2v) is 14.4. The summed E-state index contributed by atoms with van der Waals surface area (Å²) in [5.74, 6) is -1.02. The van der Waals surface area contributed by atoms with Gasteiger partial charge < -0.3 is 4.90 Å². The fraction of sp³-hybridized carbons (Fsp3) is 0.400. The zero-order valence-corrected chi connectivity index (χ0v) is 29.9. The van der Waals surface area contributed by atoms with Gasteiger partial charge in [0.15, 0.2) is 0 Å². The first-order valence-electron chi connectivity index (χ1n) is 17.6. The second-order valence-electron chi connectivity index (χ2n) is 13.5. The molecule has 5 aromatic carbocycles. The molecule has 248 valence electrons. The van der Waals surface area contributed by atoms with Gasteiger partial charge in [-0.1, -0.05) is 68.1 Å². The highest BCUT2D eigenvalue weighted by Gasteiger charge is 2.37. The van der Waals surface area contributed by atoms with Crippen LogP contribution in [0, 0.1) is 6.92 Å². The highest BCUT2D eigenvalue weighted by atomic mass is 79.9. The first kappa shape index (κ1) is 32.7. The number of benzene rings is 5. The van der Waals surface area contributed by atoms with E-state index in [0.717, 1.165) is 107 Å². The molecule has 0 aromatic heterocycles. The van der Waals surface area contributed by atoms with Crippen LogP contribution in [0.1, 0.15) is 113 Å². The van der Waals surface area contributed by atoms with Crippen LogP contribution in [0.5, 0.6) is 0 Å². The van der Waals surface area contributed by atoms with Gasteiger partial charge in [0.25, 0.3) is 23.6 Å². The van der Waals surface area contributed by atoms with Crippen LogP contribution in [0.2, 0.25) is 0 Å². The summed E-state index contributed by atoms with van der Waals surface area (Å²) >= 11 is 3.81. The molecule has 0 fully saturated rings. The normalized spacial score (nSPS) is 14.8. The average Bonchev–Trinajstić information content (AvgIpc) is 3.08. The lowest BCUT2D eigenvalue weighted by Gasteiger charge is -2.31. The van der Waals surface area contributed by atoms with E-state index in [1.165, 1.54) is 9.80 Å². The van der Waals surface area contributed by atoms with Crippen molar-refractivity contribution in [3.8, 4) is 0 Å². The van der Waals surface area contributed by atoms with Gasteiger partial charge in [-0.2, -0.15) is 0 Å². The predicted molar refractivity (Wildman–Crippen MR) is 197 cm³/mol. The van der Waals surface area contributed by atoms with E-state index in [1.54, 1.807) is 0 Å². The minimum atomic E-state index is -0.270. The number of unbranched alkanes of at least 4 members (excludes halogenated alkanes) is 3. The molecule has 0 saturated heterocycles. The smallest absolute Gasteiger partial charge is 0.261 e. The number of imide groups is 2. The van der Waals surface area contributed by atoms with Crippen molar-refractivity contribution in [1.29, 1.82) is 0 Å². The third-order valence-corrected chi connectivity index (χ3v) is 11.0. The summed E-state index contributed by atoms with van der Waals surface area (Å²) < 4.78 is 0.747. The van der Waals surface area contributed by atoms with Crippen molar-refractivity contribution < 1.29 is 19.2 Å². The molecule has 0 bridgehead atoms. The molecule has 4 amide bonds. The zero-order valence-electron chi connectivity index (χ0n) is 28.3. The molecule has 0 spiro atoms. The Labute approximate surface area is 289 Å². The lowest BCUT2D eigenvalue weighted by Crippen LogP contribution is -2.42. The summed E-state index contributed by atoms with van der Waals surface area (Å²) in [4.78, 5) is 60.9. The molecule has 5 aromatic rings. The number of rotatable bonds is 13. The molecule has 2 aliphatic rings. The summed E-state index contributed by atoms with van der Waals surface area (Å²) in [5.41, 5.74) is 3.07. The van der Waals surface area contributed by atoms with E-state index in [1.807, 2.05) is 50.2 Å². The molecule has 7 nitrogen and oxygen atoms in total. The van der Waals surface area contributed by atoms with Gasteiger partial charge in [-0.3, -0.25) is 29.0 Å². The maximum Gasteiger partial charge on any atom is 0.261 e. The molecule has 0 N–H and O–H groups in total. The van der Waals surface area contributed by atoms with E-state index in [9.17, 15) is 19.2 Å². The van der Waals surface area contributed by atoms with Crippen molar-refractivity contribution in [3.05, 3.63) is 68.7 Å². The molecule has 0 unspecified atom stereocenters. The maximum absolute atomic E-state index is 14.1. The predicted octanol–water partition coefficient (Wildman–Crippen LogP) is 9.09. The molecule has 8 heteroatoms. The van der Waals surface area contributed by atoms with Gasteiger partial charge in [-0.05, 0) is 104 Å². The highest BCUT2D eigenvalue weighted by Crippen LogP contribution is 2.49. The number of aryl methyl sites for hydroxylation is 1. The minimum Gasteiger partial charge on any atom is -0.303 e. The Morgan fingerprint density at radius 2 is 1.00 bits per heavy atom. The van der Waals surface area contributed by atoms with Crippen LogP contribution >= 0.6 is 15.9 Å². The Morgan fingerprint density at radius 1 is 0.542 bits per heavy atom. The van der Waals surface area contributed by atoms with E-state index >= 15 is 0 Å². The number of carbonyl (C=O) groups is 4. The van der Waals surface area contributed by atoms with Gasteiger partial charge >= 0.3 is 0 Å². The summed E-state index contributed by atoms with van der Waals surface area (Å²) in [6, 6.07) is 11.4. The van der Waals surface area contributed by atoms with Crippen LogP contribution in [-0.2, 0) is 0 Å². The Hall–Kier alpha value is -3.88. The number of amides is 4. The fourth-order valence-corrected chi connectivity index (χ4v) is 8.63. The SMILES string of the molecule is CCCCN(CCCC)CCCN1C(=O)c2ccc3c4c(Br)cc5c6c(ccc(c7c(C)cc(c2c37)C1=O)c64)C(=O)N(CCCC)C5=O. The van der Waals surface area contributed by atoms with Crippen LogP contribution in [0.4, 0.5) is 0 Å². The number of carbonyl (C=O) groups excluding carboxylic acids is 4. The molecule has 48 heavy (non-hydrogen) atoms. The summed E-state index contributed by atoms with van der Waals surface area (Å²) in [5, 5.41) is 6.73. The van der Waals surface area contributed by atoms with Gasteiger partial charge in [0.05, 0.1) is 0 Å². The first-order valence-corrected chi connectivity index (χ1v) is 18.4. The van der Waals surface area contributed by atoms with Crippen LogP contribution in [-0.4, -0.2) is 71.1 Å². The second kappa shape index (κ2) is 12.9. The van der Waals surface area contributed by atoms with Crippen LogP contribution < -0.4 is 0 Å². The van der Waals surface area contributed by atoms with Crippen molar-refractivity contribution in [2.45, 2.75) is 72.6 Å². The topological polar surface area (TPSA) is 78.0 Å². The third-order valence-electron chi connectivity index (χ3n) is 10.4. The summed E-state index contributed by atoms with van der Waals surface area (Å²) in [6.45, 7) is 12.2. The van der Waals surface area contributed by atoms with E-state index < -0.39 is 0 Å². The molecular formula is C40H42BrN3O4. The van der Waals surface area contributed by atoms with Crippen molar-refractivity contribution in [2.75, 3.05) is 32.7 Å². The number of halogens is 1. The largest absolute Gasteiger partial charge is 0.303 e. The fourth-order valence-electron chi connectivity index (χ4n) is 7.99. The van der Waals surface area contributed by atoms with Gasteiger partial charge in [0, 0.05) is 61.4 Å². The van der Waals surface area contributed by atoms with Crippen molar-refractivity contribution in [3.63, 3.8) is 0 Å². The van der Waals surface area contributed by atoms with E-state index in [2.05, 4.69) is 34.7 Å². The Balaban J connectivity index is 1.36. The lowest BCUT2D eigenvalue weighted by atomic mass is 9.81. The molecule has 2 heterocycles. The third kappa shape index (κ3) is 4.94. The van der Waals surface area contributed by atoms with Crippen LogP contribution in [0.15, 0.2) is 40.9 Å². The number of hydrogen-bond acceptors (Lipinski definition) is 5. The van der Waals surface area contributed by atoms with E-state index in [-0.39, 0.29) is 23.6 Å². The van der Waals surface area contributed by atoms with E-state index in [4.69, 9.17) is 0 Å². The molecule has 0 radical (unpaired) electrons. The Kier molecular flexibility index (Phi) is 8.75. The van der Waals surface area contributed by atoms with Gasteiger partial charge in [0.1, 0.15) is 0 Å². The molecule has 7 rings (SSSR count). The maximum atomic E-state index is 14.1. The molecule has 0 atom stereocenters. The Bertz CT molecular complexity index is 2150. The summed E-state index contributed by atoms with van der Waals surface area (Å²) in [6.07, 6.45) is 6.93. The van der Waals surface area contributed by atoms with Gasteiger partial charge in [-0.25, -0.2) is 0 Å². The number of fused-ring (bicyclic) bond motifs is 2. The van der Waals surface area contributed by atoms with Crippen molar-refractivity contribution in [1.82, 2.24) is 14.7 Å². The molecule has 0 aliphatic carbocycles. The van der Waals surface area contributed by atoms with Crippen LogP contribution in [0.3, 0.4) is 0 Å². The summed E-state index contributed by atoms with van der Waals surface area (Å²) in [7, 11) is 0. The Morgan fingerprint density at radius 3 is 1.56 bits per heavy atom. The van der Waals surface area contributed by atoms with Gasteiger partial charge in [-0.15, -0.1) is 0 Å². The zero-order chi connectivity index (χ0) is 33.9. The number of nitrogens with zero attached hydrogens (tertiary/aromatic N) is 3. The van der Waals surface area contributed by atoms with Gasteiger partial charge in [0.2, 0.25) is 0 Å². The lowest BCUT2D eigenvalue weighted by molar-refractivity contribution is 0.0590. The molecular weight excluding hydrogens is 666 g/mol. The quantitative estimate of drug-likeness (QED) is 0.0693.